The molecule has 0 aliphatic carbocycles. The average molecular weight is 569 g/mol. The number of ketones is 2. The molecule has 0 saturated carbocycles. The molecule has 0 atom stereocenters. The molecule has 10 nitrogen and oxygen atoms in total. The minimum atomic E-state index is -0.188. The number of benzene rings is 2. The summed E-state index contributed by atoms with van der Waals surface area (Å²) in [5.74, 6) is 1.84. The maximum absolute atomic E-state index is 12.5. The molecular formula is C31H36O10. The molecule has 0 amide bonds. The number of ether oxygens (including phenoxy) is 6. The molecule has 4 aromatic rings. The lowest BCUT2D eigenvalue weighted by Gasteiger charge is -2.18. The van der Waals surface area contributed by atoms with Crippen molar-refractivity contribution >= 4 is 33.5 Å². The van der Waals surface area contributed by atoms with Crippen LogP contribution >= 0.6 is 0 Å². The number of carbonyl (C=O) groups excluding carboxylic acids is 2. The highest BCUT2D eigenvalue weighted by molar-refractivity contribution is 6.09. The van der Waals surface area contributed by atoms with Crippen LogP contribution in [0.5, 0.6) is 34.5 Å². The van der Waals surface area contributed by atoms with Gasteiger partial charge in [0, 0.05) is 0 Å². The Labute approximate surface area is 238 Å². The summed E-state index contributed by atoms with van der Waals surface area (Å²) >= 11 is 0. The molecule has 2 aromatic carbocycles. The Morgan fingerprint density at radius 1 is 0.561 bits per heavy atom. The smallest absolute Gasteiger partial charge is 0.205 e. The Morgan fingerprint density at radius 2 is 0.927 bits per heavy atom. The Balaban J connectivity index is 1.32. The molecule has 0 aliphatic rings. The van der Waals surface area contributed by atoms with Crippen molar-refractivity contribution in [2.75, 3.05) is 41.7 Å². The van der Waals surface area contributed by atoms with Crippen LogP contribution in [0.2, 0.25) is 0 Å². The Bertz CT molecular complexity index is 1410. The topological polar surface area (TPSA) is 116 Å². The summed E-state index contributed by atoms with van der Waals surface area (Å²) in [5, 5.41) is 1.30. The van der Waals surface area contributed by atoms with Crippen molar-refractivity contribution in [3.05, 3.63) is 35.8 Å². The van der Waals surface area contributed by atoms with Crippen LogP contribution in [0.1, 0.15) is 66.7 Å². The van der Waals surface area contributed by atoms with Gasteiger partial charge in [0.15, 0.2) is 34.2 Å². The van der Waals surface area contributed by atoms with Crippen LogP contribution in [0.15, 0.2) is 33.5 Å². The first kappa shape index (κ1) is 29.6. The van der Waals surface area contributed by atoms with E-state index in [2.05, 4.69) is 0 Å². The lowest BCUT2D eigenvalue weighted by Crippen LogP contribution is -2.08. The number of fused-ring (bicyclic) bond motifs is 2. The van der Waals surface area contributed by atoms with E-state index in [1.54, 1.807) is 12.1 Å². The summed E-state index contributed by atoms with van der Waals surface area (Å²) in [6.07, 6.45) is 7.36. The third-order valence-electron chi connectivity index (χ3n) is 6.85. The number of carbonyl (C=O) groups is 2. The molecule has 10 heteroatoms. The number of furan rings is 2. The minimum absolute atomic E-state index is 0.188. The van der Waals surface area contributed by atoms with E-state index in [0.29, 0.717) is 80.8 Å². The third kappa shape index (κ3) is 5.77. The zero-order valence-electron chi connectivity index (χ0n) is 24.3. The first-order valence-corrected chi connectivity index (χ1v) is 13.5. The van der Waals surface area contributed by atoms with Gasteiger partial charge in [0.05, 0.1) is 65.0 Å². The van der Waals surface area contributed by atoms with Gasteiger partial charge in [0.2, 0.25) is 11.5 Å². The van der Waals surface area contributed by atoms with Crippen LogP contribution in [0.25, 0.3) is 21.9 Å². The molecule has 0 aliphatic heterocycles. The summed E-state index contributed by atoms with van der Waals surface area (Å²) in [7, 11) is 6.05. The summed E-state index contributed by atoms with van der Waals surface area (Å²) < 4.78 is 45.5. The van der Waals surface area contributed by atoms with Crippen molar-refractivity contribution in [3.63, 3.8) is 0 Å². The highest BCUT2D eigenvalue weighted by atomic mass is 16.5. The fourth-order valence-electron chi connectivity index (χ4n) is 5.03. The number of rotatable bonds is 16. The molecule has 0 bridgehead atoms. The first-order valence-electron chi connectivity index (χ1n) is 13.5. The van der Waals surface area contributed by atoms with E-state index in [1.807, 2.05) is 0 Å². The zero-order chi connectivity index (χ0) is 29.5. The van der Waals surface area contributed by atoms with E-state index in [9.17, 15) is 9.59 Å². The van der Waals surface area contributed by atoms with Crippen molar-refractivity contribution in [3.8, 4) is 34.5 Å². The molecule has 0 fully saturated rings. The highest BCUT2D eigenvalue weighted by Crippen LogP contribution is 2.48. The normalized spacial score (nSPS) is 11.1. The second-order valence-electron chi connectivity index (χ2n) is 9.45. The quantitative estimate of drug-likeness (QED) is 0.103. The summed E-state index contributed by atoms with van der Waals surface area (Å²) in [6, 6.07) is 3.47. The molecule has 0 N–H and O–H groups in total. The van der Waals surface area contributed by atoms with E-state index in [0.717, 1.165) is 32.1 Å². The molecule has 2 aromatic heterocycles. The molecule has 0 radical (unpaired) electrons. The average Bonchev–Trinajstić information content (AvgIpc) is 3.64. The maximum atomic E-state index is 12.5. The van der Waals surface area contributed by atoms with Crippen molar-refractivity contribution in [2.24, 2.45) is 0 Å². The number of unbranched alkanes of at least 4 members (excludes halogenated alkanes) is 4. The SMILES string of the molecule is COc1c(C(C)=O)c(OCCCCCCCOc2c(C(C)=O)c(OC)c3ccoc3c2OC)c(OC)c2occc12. The van der Waals surface area contributed by atoms with Crippen LogP contribution in [-0.4, -0.2) is 53.2 Å². The summed E-state index contributed by atoms with van der Waals surface area (Å²) in [6.45, 7) is 3.72. The molecule has 220 valence electrons. The number of hydrogen-bond donors (Lipinski definition) is 0. The van der Waals surface area contributed by atoms with Crippen LogP contribution in [-0.2, 0) is 0 Å². The van der Waals surface area contributed by atoms with Gasteiger partial charge in [-0.2, -0.15) is 0 Å². The van der Waals surface area contributed by atoms with Gasteiger partial charge in [-0.15, -0.1) is 0 Å². The zero-order valence-corrected chi connectivity index (χ0v) is 24.3. The van der Waals surface area contributed by atoms with Crippen LogP contribution in [0, 0.1) is 0 Å². The van der Waals surface area contributed by atoms with Crippen LogP contribution in [0.4, 0.5) is 0 Å². The first-order chi connectivity index (χ1) is 19.9. The van der Waals surface area contributed by atoms with Gasteiger partial charge in [-0.25, -0.2) is 0 Å². The van der Waals surface area contributed by atoms with E-state index >= 15 is 0 Å². The molecule has 0 spiro atoms. The number of methoxy groups -OCH3 is 4. The second-order valence-corrected chi connectivity index (χ2v) is 9.45. The van der Waals surface area contributed by atoms with Gasteiger partial charge in [-0.1, -0.05) is 19.3 Å². The van der Waals surface area contributed by atoms with Gasteiger partial charge in [-0.05, 0) is 38.8 Å². The Morgan fingerprint density at radius 3 is 1.27 bits per heavy atom. The van der Waals surface area contributed by atoms with Crippen molar-refractivity contribution in [1.29, 1.82) is 0 Å². The molecule has 2 heterocycles. The largest absolute Gasteiger partial charge is 0.495 e. The molecule has 0 saturated heterocycles. The maximum Gasteiger partial charge on any atom is 0.205 e. The molecular weight excluding hydrogens is 532 g/mol. The minimum Gasteiger partial charge on any atom is -0.495 e. The fraction of sp³-hybridized carbons (Fsp3) is 0.419. The number of Topliss-reactive ketones (excluding diaryl/α,β-unsaturated/α-hetero) is 2. The lowest BCUT2D eigenvalue weighted by atomic mass is 10.0. The molecule has 0 unspecified atom stereocenters. The Kier molecular flexibility index (Phi) is 9.65. The van der Waals surface area contributed by atoms with Crippen LogP contribution in [0.3, 0.4) is 0 Å². The fourth-order valence-corrected chi connectivity index (χ4v) is 5.03. The van der Waals surface area contributed by atoms with E-state index < -0.39 is 0 Å². The molecule has 4 rings (SSSR count). The number of hydrogen-bond acceptors (Lipinski definition) is 10. The monoisotopic (exact) mass is 568 g/mol. The van der Waals surface area contributed by atoms with Gasteiger partial charge in [0.1, 0.15) is 22.6 Å². The lowest BCUT2D eigenvalue weighted by molar-refractivity contribution is 0.0996. The summed E-state index contributed by atoms with van der Waals surface area (Å²) in [4.78, 5) is 25.0. The predicted molar refractivity (Wildman–Crippen MR) is 153 cm³/mol. The van der Waals surface area contributed by atoms with Crippen molar-refractivity contribution < 1.29 is 46.8 Å². The Hall–Kier alpha value is -4.34. The van der Waals surface area contributed by atoms with Crippen molar-refractivity contribution in [1.82, 2.24) is 0 Å². The predicted octanol–water partition coefficient (Wildman–Crippen LogP) is 7.03. The second kappa shape index (κ2) is 13.3. The van der Waals surface area contributed by atoms with E-state index in [1.165, 1.54) is 54.8 Å². The summed E-state index contributed by atoms with van der Waals surface area (Å²) in [5.41, 5.74) is 1.61. The van der Waals surface area contributed by atoms with E-state index in [4.69, 9.17) is 37.3 Å². The highest BCUT2D eigenvalue weighted by Gasteiger charge is 2.28. The van der Waals surface area contributed by atoms with Gasteiger partial charge < -0.3 is 37.3 Å². The van der Waals surface area contributed by atoms with Gasteiger partial charge >= 0.3 is 0 Å². The van der Waals surface area contributed by atoms with E-state index in [-0.39, 0.29) is 11.6 Å². The van der Waals surface area contributed by atoms with Crippen molar-refractivity contribution in [2.45, 2.75) is 46.0 Å². The van der Waals surface area contributed by atoms with Crippen LogP contribution < -0.4 is 28.4 Å². The van der Waals surface area contributed by atoms with Gasteiger partial charge in [0.25, 0.3) is 0 Å². The molecule has 41 heavy (non-hydrogen) atoms. The standard InChI is InChI=1S/C31H36O10/c1-18(32)22-24(34-3)20-12-16-40-26(20)30(36-5)28(22)38-14-10-8-7-9-11-15-39-29-23(19(2)33)25(35-4)21-13-17-41-27(21)31(29)37-6/h12-13,16-17H,7-11,14-15H2,1-6H3. The van der Waals surface area contributed by atoms with Gasteiger partial charge in [-0.3, -0.25) is 9.59 Å². The third-order valence-corrected chi connectivity index (χ3v) is 6.85.